The zero-order valence-electron chi connectivity index (χ0n) is 18.8. The molecule has 0 aliphatic carbocycles. The molecule has 0 saturated heterocycles. The molecule has 0 heterocycles. The van der Waals surface area contributed by atoms with Gasteiger partial charge in [0.2, 0.25) is 21.8 Å². The first-order chi connectivity index (χ1) is 15.0. The van der Waals surface area contributed by atoms with Gasteiger partial charge in [-0.15, -0.1) is 0 Å². The quantitative estimate of drug-likeness (QED) is 0.515. The van der Waals surface area contributed by atoms with E-state index in [1.54, 1.807) is 24.3 Å². The summed E-state index contributed by atoms with van der Waals surface area (Å²) >= 11 is 3.37. The molecule has 0 saturated carbocycles. The van der Waals surface area contributed by atoms with Gasteiger partial charge >= 0.3 is 0 Å². The molecule has 2 aromatic rings. The maximum Gasteiger partial charge on any atom is 0.244 e. The van der Waals surface area contributed by atoms with E-state index in [1.807, 2.05) is 51.1 Å². The van der Waals surface area contributed by atoms with Crippen LogP contribution in [0.15, 0.2) is 59.1 Å². The number of nitrogens with zero attached hydrogens (tertiary/aromatic N) is 2. The largest absolute Gasteiger partial charge is 0.352 e. The number of hydrogen-bond donors (Lipinski definition) is 1. The molecular weight excluding hydrogens is 494 g/mol. The second-order valence-electron chi connectivity index (χ2n) is 7.82. The lowest BCUT2D eigenvalue weighted by molar-refractivity contribution is -0.140. The molecule has 32 heavy (non-hydrogen) atoms. The Bertz CT molecular complexity index is 1030. The van der Waals surface area contributed by atoms with Gasteiger partial charge in [0.15, 0.2) is 0 Å². The van der Waals surface area contributed by atoms with E-state index in [4.69, 9.17) is 0 Å². The Kier molecular flexibility index (Phi) is 9.27. The Morgan fingerprint density at radius 2 is 1.62 bits per heavy atom. The fourth-order valence-corrected chi connectivity index (χ4v) is 4.81. The number of benzene rings is 2. The lowest BCUT2D eigenvalue weighted by atomic mass is 10.1. The van der Waals surface area contributed by atoms with Gasteiger partial charge in [-0.25, -0.2) is 8.42 Å². The number of sulfonamides is 1. The van der Waals surface area contributed by atoms with Crippen molar-refractivity contribution in [1.29, 1.82) is 0 Å². The maximum absolute atomic E-state index is 13.5. The number of carbonyl (C=O) groups excluding carboxylic acids is 2. The summed E-state index contributed by atoms with van der Waals surface area (Å²) in [5.74, 6) is -0.723. The molecule has 2 amide bonds. The zero-order chi connectivity index (χ0) is 23.9. The van der Waals surface area contributed by atoms with E-state index in [1.165, 1.54) is 4.90 Å². The van der Waals surface area contributed by atoms with Crippen molar-refractivity contribution in [2.24, 2.45) is 0 Å². The first kappa shape index (κ1) is 25.9. The summed E-state index contributed by atoms with van der Waals surface area (Å²) in [6.45, 7) is 5.31. The number of rotatable bonds is 10. The monoisotopic (exact) mass is 523 g/mol. The summed E-state index contributed by atoms with van der Waals surface area (Å²) in [5, 5.41) is 2.87. The Labute approximate surface area is 199 Å². The van der Waals surface area contributed by atoms with E-state index in [0.717, 1.165) is 16.1 Å². The van der Waals surface area contributed by atoms with Crippen LogP contribution in [0, 0.1) is 0 Å². The third-order valence-corrected chi connectivity index (χ3v) is 6.61. The minimum Gasteiger partial charge on any atom is -0.352 e. The lowest BCUT2D eigenvalue weighted by Crippen LogP contribution is -2.53. The van der Waals surface area contributed by atoms with Crippen LogP contribution in [0.25, 0.3) is 0 Å². The standard InChI is InChI=1S/C23H30BrN3O4S/c1-5-20(23(29)25-17(2)3)26(15-18-11-7-6-8-12-18)22(28)16-27(32(4,30)31)21-14-10-9-13-19(21)24/h6-14,17,20H,5,15-16H2,1-4H3,(H,25,29)/t20-/m0/s1. The maximum atomic E-state index is 13.5. The minimum atomic E-state index is -3.76. The molecule has 0 aliphatic rings. The minimum absolute atomic E-state index is 0.0852. The molecule has 2 rings (SSSR count). The number of hydrogen-bond acceptors (Lipinski definition) is 4. The summed E-state index contributed by atoms with van der Waals surface area (Å²) in [7, 11) is -3.76. The van der Waals surface area contributed by atoms with E-state index in [0.29, 0.717) is 16.6 Å². The number of carbonyl (C=O) groups is 2. The number of amides is 2. The number of para-hydroxylation sites is 1. The summed E-state index contributed by atoms with van der Waals surface area (Å²) in [6.07, 6.45) is 1.45. The fraction of sp³-hybridized carbons (Fsp3) is 0.391. The van der Waals surface area contributed by atoms with Crippen molar-refractivity contribution in [3.05, 3.63) is 64.6 Å². The Morgan fingerprint density at radius 1 is 1.03 bits per heavy atom. The molecule has 7 nitrogen and oxygen atoms in total. The van der Waals surface area contributed by atoms with Crippen molar-refractivity contribution in [1.82, 2.24) is 10.2 Å². The number of anilines is 1. The van der Waals surface area contributed by atoms with E-state index >= 15 is 0 Å². The first-order valence-electron chi connectivity index (χ1n) is 10.4. The van der Waals surface area contributed by atoms with E-state index in [-0.39, 0.29) is 18.5 Å². The summed E-state index contributed by atoms with van der Waals surface area (Å²) in [4.78, 5) is 27.8. The van der Waals surface area contributed by atoms with Crippen molar-refractivity contribution < 1.29 is 18.0 Å². The van der Waals surface area contributed by atoms with Crippen molar-refractivity contribution in [2.45, 2.75) is 45.8 Å². The third-order valence-electron chi connectivity index (χ3n) is 4.81. The topological polar surface area (TPSA) is 86.8 Å². The molecule has 0 aromatic heterocycles. The van der Waals surface area contributed by atoms with Crippen LogP contribution in [0.1, 0.15) is 32.8 Å². The van der Waals surface area contributed by atoms with Crippen molar-refractivity contribution in [2.75, 3.05) is 17.1 Å². The Morgan fingerprint density at radius 3 is 2.16 bits per heavy atom. The molecule has 9 heteroatoms. The highest BCUT2D eigenvalue weighted by Gasteiger charge is 2.32. The van der Waals surface area contributed by atoms with Crippen LogP contribution in [-0.4, -0.2) is 50.0 Å². The normalized spacial score (nSPS) is 12.3. The highest BCUT2D eigenvalue weighted by Crippen LogP contribution is 2.28. The van der Waals surface area contributed by atoms with E-state index < -0.39 is 28.5 Å². The molecular formula is C23H30BrN3O4S. The summed E-state index contributed by atoms with van der Waals surface area (Å²) < 4.78 is 26.8. The van der Waals surface area contributed by atoms with Crippen LogP contribution in [-0.2, 0) is 26.2 Å². The molecule has 0 bridgehead atoms. The second-order valence-corrected chi connectivity index (χ2v) is 10.6. The van der Waals surface area contributed by atoms with Gasteiger partial charge in [0.05, 0.1) is 11.9 Å². The van der Waals surface area contributed by atoms with Gasteiger partial charge in [0, 0.05) is 17.1 Å². The molecule has 174 valence electrons. The predicted molar refractivity (Wildman–Crippen MR) is 131 cm³/mol. The molecule has 0 aliphatic heterocycles. The van der Waals surface area contributed by atoms with Crippen LogP contribution < -0.4 is 9.62 Å². The number of halogens is 1. The molecule has 0 radical (unpaired) electrons. The van der Waals surface area contributed by atoms with Gasteiger partial charge in [0.25, 0.3) is 0 Å². The van der Waals surface area contributed by atoms with E-state index in [9.17, 15) is 18.0 Å². The van der Waals surface area contributed by atoms with Crippen molar-refractivity contribution in [3.8, 4) is 0 Å². The summed E-state index contributed by atoms with van der Waals surface area (Å²) in [6, 6.07) is 15.3. The fourth-order valence-electron chi connectivity index (χ4n) is 3.33. The van der Waals surface area contributed by atoms with Gasteiger partial charge < -0.3 is 10.2 Å². The first-order valence-corrected chi connectivity index (χ1v) is 13.0. The number of nitrogens with one attached hydrogen (secondary N) is 1. The average Bonchev–Trinajstić information content (AvgIpc) is 2.71. The van der Waals surface area contributed by atoms with Crippen LogP contribution in [0.4, 0.5) is 5.69 Å². The highest BCUT2D eigenvalue weighted by molar-refractivity contribution is 9.10. The molecule has 1 N–H and O–H groups in total. The van der Waals surface area contributed by atoms with Crippen LogP contribution in [0.5, 0.6) is 0 Å². The SMILES string of the molecule is CC[C@@H](C(=O)NC(C)C)N(Cc1ccccc1)C(=O)CN(c1ccccc1Br)S(C)(=O)=O. The molecule has 0 fully saturated rings. The highest BCUT2D eigenvalue weighted by atomic mass is 79.9. The average molecular weight is 524 g/mol. The van der Waals surface area contributed by atoms with Crippen LogP contribution >= 0.6 is 15.9 Å². The van der Waals surface area contributed by atoms with E-state index in [2.05, 4.69) is 21.2 Å². The predicted octanol–water partition coefficient (Wildman–Crippen LogP) is 3.55. The lowest BCUT2D eigenvalue weighted by Gasteiger charge is -2.33. The van der Waals surface area contributed by atoms with Crippen molar-refractivity contribution >= 4 is 43.5 Å². The second kappa shape index (κ2) is 11.5. The van der Waals surface area contributed by atoms with Gasteiger partial charge in [-0.3, -0.25) is 13.9 Å². The Hall–Kier alpha value is -2.39. The molecule has 0 unspecified atom stereocenters. The Balaban J connectivity index is 2.43. The van der Waals surface area contributed by atoms with Crippen LogP contribution in [0.3, 0.4) is 0 Å². The smallest absolute Gasteiger partial charge is 0.244 e. The van der Waals surface area contributed by atoms with Gasteiger partial charge in [0.1, 0.15) is 12.6 Å². The zero-order valence-corrected chi connectivity index (χ0v) is 21.2. The van der Waals surface area contributed by atoms with Gasteiger partial charge in [-0.05, 0) is 53.9 Å². The summed E-state index contributed by atoms with van der Waals surface area (Å²) in [5.41, 5.74) is 1.21. The molecule has 2 aromatic carbocycles. The van der Waals surface area contributed by atoms with Crippen molar-refractivity contribution in [3.63, 3.8) is 0 Å². The van der Waals surface area contributed by atoms with Gasteiger partial charge in [-0.2, -0.15) is 0 Å². The third kappa shape index (κ3) is 7.06. The van der Waals surface area contributed by atoms with Gasteiger partial charge in [-0.1, -0.05) is 49.4 Å². The molecule has 1 atom stereocenters. The molecule has 0 spiro atoms. The van der Waals surface area contributed by atoms with Crippen LogP contribution in [0.2, 0.25) is 0 Å².